The van der Waals surface area contributed by atoms with Gasteiger partial charge >= 0.3 is 5.97 Å². The number of anilines is 2. The Labute approximate surface area is 172 Å². The SMILES string of the molecule is CCN1CCN(c2ccc(NC(=O)COC(=O)c3ccc(C)cc3C)cc2)CC1. The second-order valence-electron chi connectivity index (χ2n) is 7.41. The van der Waals surface area contributed by atoms with Gasteiger partial charge in [0.2, 0.25) is 0 Å². The maximum atomic E-state index is 12.2. The lowest BCUT2D eigenvalue weighted by Gasteiger charge is -2.35. The largest absolute Gasteiger partial charge is 0.452 e. The van der Waals surface area contributed by atoms with Gasteiger partial charge in [0.25, 0.3) is 5.91 Å². The van der Waals surface area contributed by atoms with Crippen LogP contribution in [0.1, 0.15) is 28.4 Å². The van der Waals surface area contributed by atoms with E-state index in [1.807, 2.05) is 50.2 Å². The first-order valence-electron chi connectivity index (χ1n) is 10.1. The van der Waals surface area contributed by atoms with Gasteiger partial charge in [-0.1, -0.05) is 24.6 Å². The molecule has 6 heteroatoms. The van der Waals surface area contributed by atoms with Crippen LogP contribution >= 0.6 is 0 Å². The van der Waals surface area contributed by atoms with E-state index in [9.17, 15) is 9.59 Å². The number of ether oxygens (including phenoxy) is 1. The van der Waals surface area contributed by atoms with Gasteiger partial charge in [-0.2, -0.15) is 0 Å². The molecule has 0 bridgehead atoms. The number of hydrogen-bond donors (Lipinski definition) is 1. The Balaban J connectivity index is 1.48. The lowest BCUT2D eigenvalue weighted by molar-refractivity contribution is -0.119. The molecule has 1 N–H and O–H groups in total. The Kier molecular flexibility index (Phi) is 6.88. The predicted octanol–water partition coefficient (Wildman–Crippen LogP) is 3.24. The summed E-state index contributed by atoms with van der Waals surface area (Å²) < 4.78 is 5.16. The van der Waals surface area contributed by atoms with E-state index in [4.69, 9.17) is 4.74 Å². The van der Waals surface area contributed by atoms with Crippen molar-refractivity contribution in [3.63, 3.8) is 0 Å². The zero-order chi connectivity index (χ0) is 20.8. The Bertz CT molecular complexity index is 856. The van der Waals surface area contributed by atoms with Gasteiger partial charge in [0.15, 0.2) is 6.61 Å². The van der Waals surface area contributed by atoms with Crippen LogP contribution in [0.25, 0.3) is 0 Å². The molecule has 154 valence electrons. The molecule has 0 aromatic heterocycles. The van der Waals surface area contributed by atoms with Gasteiger partial charge in [-0.05, 0) is 56.3 Å². The molecule has 0 spiro atoms. The smallest absolute Gasteiger partial charge is 0.338 e. The topological polar surface area (TPSA) is 61.9 Å². The molecule has 1 aliphatic rings. The van der Waals surface area contributed by atoms with Crippen LogP contribution in [0.2, 0.25) is 0 Å². The van der Waals surface area contributed by atoms with Crippen LogP contribution in [-0.4, -0.2) is 56.1 Å². The third kappa shape index (κ3) is 5.57. The van der Waals surface area contributed by atoms with Crippen molar-refractivity contribution in [3.05, 3.63) is 59.2 Å². The van der Waals surface area contributed by atoms with E-state index in [0.29, 0.717) is 11.3 Å². The van der Waals surface area contributed by atoms with Crippen LogP contribution in [0.3, 0.4) is 0 Å². The number of benzene rings is 2. The maximum absolute atomic E-state index is 12.2. The first kappa shape index (κ1) is 20.9. The molecule has 0 unspecified atom stereocenters. The van der Waals surface area contributed by atoms with E-state index in [0.717, 1.165) is 49.5 Å². The van der Waals surface area contributed by atoms with Crippen molar-refractivity contribution in [1.82, 2.24) is 4.90 Å². The molecule has 29 heavy (non-hydrogen) atoms. The van der Waals surface area contributed by atoms with Crippen LogP contribution in [0.4, 0.5) is 11.4 Å². The highest BCUT2D eigenvalue weighted by molar-refractivity contribution is 5.96. The molecule has 0 saturated carbocycles. The van der Waals surface area contributed by atoms with Gasteiger partial charge in [-0.3, -0.25) is 4.79 Å². The molecule has 1 amide bonds. The summed E-state index contributed by atoms with van der Waals surface area (Å²) in [7, 11) is 0. The molecule has 0 radical (unpaired) electrons. The van der Waals surface area contributed by atoms with Gasteiger partial charge in [0.1, 0.15) is 0 Å². The molecular formula is C23H29N3O3. The van der Waals surface area contributed by atoms with Crippen molar-refractivity contribution in [3.8, 4) is 0 Å². The van der Waals surface area contributed by atoms with Crippen LogP contribution in [0.15, 0.2) is 42.5 Å². The van der Waals surface area contributed by atoms with Gasteiger partial charge < -0.3 is 19.9 Å². The van der Waals surface area contributed by atoms with Gasteiger partial charge in [-0.15, -0.1) is 0 Å². The van der Waals surface area contributed by atoms with Crippen LogP contribution in [0.5, 0.6) is 0 Å². The van der Waals surface area contributed by atoms with Crippen LogP contribution in [0, 0.1) is 13.8 Å². The molecule has 1 fully saturated rings. The standard InChI is InChI=1S/C23H29N3O3/c1-4-25-11-13-26(14-12-25)20-8-6-19(7-9-20)24-22(27)16-29-23(28)21-10-5-17(2)15-18(21)3/h5-10,15H,4,11-14,16H2,1-3H3,(H,24,27). The molecular weight excluding hydrogens is 366 g/mol. The average Bonchev–Trinajstić information content (AvgIpc) is 2.73. The lowest BCUT2D eigenvalue weighted by atomic mass is 10.1. The van der Waals surface area contributed by atoms with E-state index < -0.39 is 5.97 Å². The summed E-state index contributed by atoms with van der Waals surface area (Å²) >= 11 is 0. The van der Waals surface area contributed by atoms with Gasteiger partial charge in [0.05, 0.1) is 5.56 Å². The predicted molar refractivity (Wildman–Crippen MR) is 116 cm³/mol. The van der Waals surface area contributed by atoms with Crippen molar-refractivity contribution in [2.45, 2.75) is 20.8 Å². The van der Waals surface area contributed by atoms with E-state index in [2.05, 4.69) is 22.0 Å². The van der Waals surface area contributed by atoms with Crippen molar-refractivity contribution in [2.75, 3.05) is 49.5 Å². The molecule has 0 aliphatic carbocycles. The number of carbonyl (C=O) groups is 2. The number of carbonyl (C=O) groups excluding carboxylic acids is 2. The van der Waals surface area contributed by atoms with E-state index in [1.54, 1.807) is 6.07 Å². The van der Waals surface area contributed by atoms with E-state index >= 15 is 0 Å². The van der Waals surface area contributed by atoms with Crippen molar-refractivity contribution >= 4 is 23.3 Å². The number of aryl methyl sites for hydroxylation is 2. The normalized spacial score (nSPS) is 14.5. The van der Waals surface area contributed by atoms with Crippen LogP contribution < -0.4 is 10.2 Å². The summed E-state index contributed by atoms with van der Waals surface area (Å²) in [5, 5.41) is 2.78. The quantitative estimate of drug-likeness (QED) is 0.761. The number of nitrogens with zero attached hydrogens (tertiary/aromatic N) is 2. The highest BCUT2D eigenvalue weighted by atomic mass is 16.5. The van der Waals surface area contributed by atoms with Crippen molar-refractivity contribution in [2.24, 2.45) is 0 Å². The summed E-state index contributed by atoms with van der Waals surface area (Å²) in [5.74, 6) is -0.841. The number of piperazine rings is 1. The molecule has 1 heterocycles. The molecule has 1 aliphatic heterocycles. The fourth-order valence-electron chi connectivity index (χ4n) is 3.53. The number of rotatable bonds is 6. The first-order chi connectivity index (χ1) is 14.0. The minimum absolute atomic E-state index is 0.313. The second kappa shape index (κ2) is 9.56. The van der Waals surface area contributed by atoms with Gasteiger partial charge in [-0.25, -0.2) is 4.79 Å². The Morgan fingerprint density at radius 1 is 1.00 bits per heavy atom. The van der Waals surface area contributed by atoms with Crippen molar-refractivity contribution < 1.29 is 14.3 Å². The second-order valence-corrected chi connectivity index (χ2v) is 7.41. The summed E-state index contributed by atoms with van der Waals surface area (Å²) in [6.45, 7) is 10.9. The third-order valence-electron chi connectivity index (χ3n) is 5.27. The first-order valence-corrected chi connectivity index (χ1v) is 10.1. The Hall–Kier alpha value is -2.86. The highest BCUT2D eigenvalue weighted by Gasteiger charge is 2.16. The number of amides is 1. The van der Waals surface area contributed by atoms with Crippen molar-refractivity contribution in [1.29, 1.82) is 0 Å². The lowest BCUT2D eigenvalue weighted by Crippen LogP contribution is -2.46. The summed E-state index contributed by atoms with van der Waals surface area (Å²) in [6, 6.07) is 13.3. The zero-order valence-electron chi connectivity index (χ0n) is 17.4. The monoisotopic (exact) mass is 395 g/mol. The zero-order valence-corrected chi connectivity index (χ0v) is 17.4. The fourth-order valence-corrected chi connectivity index (χ4v) is 3.53. The van der Waals surface area contributed by atoms with Crippen LogP contribution in [-0.2, 0) is 9.53 Å². The Morgan fingerprint density at radius 3 is 2.31 bits per heavy atom. The highest BCUT2D eigenvalue weighted by Crippen LogP contribution is 2.19. The summed E-state index contributed by atoms with van der Waals surface area (Å²) in [5.41, 5.74) is 4.24. The molecule has 0 atom stereocenters. The molecule has 6 nitrogen and oxygen atoms in total. The van der Waals surface area contributed by atoms with Gasteiger partial charge in [0, 0.05) is 37.6 Å². The number of likely N-dealkylation sites (N-methyl/N-ethyl adjacent to an activating group) is 1. The molecule has 2 aromatic rings. The molecule has 1 saturated heterocycles. The number of hydrogen-bond acceptors (Lipinski definition) is 5. The van der Waals surface area contributed by atoms with E-state index in [-0.39, 0.29) is 12.5 Å². The Morgan fingerprint density at radius 2 is 1.69 bits per heavy atom. The maximum Gasteiger partial charge on any atom is 0.338 e. The molecule has 3 rings (SSSR count). The number of nitrogens with one attached hydrogen (secondary N) is 1. The third-order valence-corrected chi connectivity index (χ3v) is 5.27. The molecule has 2 aromatic carbocycles. The summed E-state index contributed by atoms with van der Waals surface area (Å²) in [6.07, 6.45) is 0. The van der Waals surface area contributed by atoms with E-state index in [1.165, 1.54) is 0 Å². The number of esters is 1. The fraction of sp³-hybridized carbons (Fsp3) is 0.391. The summed E-state index contributed by atoms with van der Waals surface area (Å²) in [4.78, 5) is 29.1. The minimum atomic E-state index is -0.487. The minimum Gasteiger partial charge on any atom is -0.452 e. The average molecular weight is 396 g/mol.